The van der Waals surface area contributed by atoms with Gasteiger partial charge in [-0.3, -0.25) is 4.98 Å². The van der Waals surface area contributed by atoms with Crippen molar-refractivity contribution in [2.24, 2.45) is 0 Å². The second-order valence-electron chi connectivity index (χ2n) is 6.80. The molecule has 1 spiro atoms. The third-order valence-corrected chi connectivity index (χ3v) is 6.31. The molecule has 9 nitrogen and oxygen atoms in total. The second kappa shape index (κ2) is 8.81. The van der Waals surface area contributed by atoms with Crippen molar-refractivity contribution in [3.8, 4) is 5.75 Å². The molecule has 29 heavy (non-hydrogen) atoms. The molecule has 0 saturated carbocycles. The van der Waals surface area contributed by atoms with Gasteiger partial charge >= 0.3 is 12.1 Å². The summed E-state index contributed by atoms with van der Waals surface area (Å²) in [7, 11) is -0.289. The van der Waals surface area contributed by atoms with Crippen LogP contribution in [0.2, 0.25) is 0 Å². The van der Waals surface area contributed by atoms with Crippen LogP contribution in [0.3, 0.4) is 0 Å². The highest BCUT2D eigenvalue weighted by Crippen LogP contribution is 2.37. The van der Waals surface area contributed by atoms with E-state index in [1.807, 2.05) is 12.1 Å². The predicted octanol–water partition coefficient (Wildman–Crippen LogP) is 1.13. The Morgan fingerprint density at radius 1 is 1.45 bits per heavy atom. The molecular weight excluding hydrogens is 419 g/mol. The zero-order chi connectivity index (χ0) is 21.9. The molecular formula is C16H22F3N3O6S. The first-order valence-electron chi connectivity index (χ1n) is 8.54. The molecule has 3 heterocycles. The molecule has 13 heteroatoms. The maximum Gasteiger partial charge on any atom is 0.490 e. The third kappa shape index (κ3) is 6.01. The zero-order valence-corrected chi connectivity index (χ0v) is 16.6. The monoisotopic (exact) mass is 441 g/mol. The van der Waals surface area contributed by atoms with Crippen LogP contribution in [0.25, 0.3) is 0 Å². The van der Waals surface area contributed by atoms with E-state index in [4.69, 9.17) is 19.4 Å². The van der Waals surface area contributed by atoms with Gasteiger partial charge in [-0.1, -0.05) is 0 Å². The average molecular weight is 441 g/mol. The number of carboxylic acids is 1. The molecule has 0 radical (unpaired) electrons. The summed E-state index contributed by atoms with van der Waals surface area (Å²) in [5.41, 5.74) is -0.421. The number of halogens is 3. The van der Waals surface area contributed by atoms with Crippen LogP contribution in [-0.2, 0) is 19.7 Å². The number of rotatable bonds is 4. The molecule has 2 fully saturated rings. The fourth-order valence-corrected chi connectivity index (χ4v) is 4.19. The van der Waals surface area contributed by atoms with Crippen LogP contribution in [0.15, 0.2) is 24.5 Å². The van der Waals surface area contributed by atoms with E-state index in [9.17, 15) is 21.6 Å². The molecule has 3 rings (SSSR count). The molecule has 2 saturated heterocycles. The van der Waals surface area contributed by atoms with Crippen LogP contribution >= 0.6 is 0 Å². The first-order valence-corrected chi connectivity index (χ1v) is 9.94. The van der Waals surface area contributed by atoms with E-state index in [2.05, 4.69) is 4.98 Å². The van der Waals surface area contributed by atoms with E-state index in [1.165, 1.54) is 8.61 Å². The first kappa shape index (κ1) is 23.3. The van der Waals surface area contributed by atoms with Crippen LogP contribution in [0.4, 0.5) is 13.2 Å². The number of aromatic nitrogens is 1. The van der Waals surface area contributed by atoms with E-state index in [-0.39, 0.29) is 6.10 Å². The van der Waals surface area contributed by atoms with Crippen LogP contribution in [0.1, 0.15) is 12.8 Å². The van der Waals surface area contributed by atoms with Gasteiger partial charge in [0.1, 0.15) is 11.9 Å². The average Bonchev–Trinajstić information content (AvgIpc) is 3.23. The highest BCUT2D eigenvalue weighted by Gasteiger charge is 2.49. The lowest BCUT2D eigenvalue weighted by molar-refractivity contribution is -0.192. The number of nitrogens with zero attached hydrogens (tertiary/aromatic N) is 3. The smallest absolute Gasteiger partial charge is 0.486 e. The van der Waals surface area contributed by atoms with E-state index in [0.717, 1.165) is 0 Å². The van der Waals surface area contributed by atoms with Gasteiger partial charge in [0, 0.05) is 39.8 Å². The fourth-order valence-electron chi connectivity index (χ4n) is 3.01. The van der Waals surface area contributed by atoms with E-state index in [0.29, 0.717) is 38.3 Å². The minimum atomic E-state index is -5.08. The normalized spacial score (nSPS) is 25.1. The third-order valence-electron chi connectivity index (χ3n) is 4.42. The lowest BCUT2D eigenvalue weighted by Crippen LogP contribution is -2.41. The maximum absolute atomic E-state index is 12.2. The minimum Gasteiger partial charge on any atom is -0.486 e. The van der Waals surface area contributed by atoms with Crippen molar-refractivity contribution in [1.82, 2.24) is 13.6 Å². The van der Waals surface area contributed by atoms with Crippen LogP contribution in [-0.4, -0.2) is 84.8 Å². The Hall–Kier alpha value is -1.96. The van der Waals surface area contributed by atoms with Crippen molar-refractivity contribution in [3.63, 3.8) is 0 Å². The molecule has 1 aromatic heterocycles. The first-order chi connectivity index (χ1) is 13.4. The van der Waals surface area contributed by atoms with Gasteiger partial charge in [0.05, 0.1) is 18.4 Å². The molecule has 0 unspecified atom stereocenters. The minimum absolute atomic E-state index is 0.0637. The van der Waals surface area contributed by atoms with Crippen molar-refractivity contribution >= 4 is 16.2 Å². The quantitative estimate of drug-likeness (QED) is 0.746. The van der Waals surface area contributed by atoms with Crippen LogP contribution in [0.5, 0.6) is 5.75 Å². The van der Waals surface area contributed by atoms with E-state index >= 15 is 0 Å². The number of carboxylic acid groups (broad SMARTS) is 1. The number of ether oxygens (including phenoxy) is 2. The molecule has 0 amide bonds. The summed E-state index contributed by atoms with van der Waals surface area (Å²) in [6.07, 6.45) is -0.386. The van der Waals surface area contributed by atoms with Crippen LogP contribution < -0.4 is 4.74 Å². The molecule has 2 atom stereocenters. The van der Waals surface area contributed by atoms with E-state index < -0.39 is 28.0 Å². The highest BCUT2D eigenvalue weighted by atomic mass is 32.2. The van der Waals surface area contributed by atoms with Crippen LogP contribution in [0, 0.1) is 0 Å². The molecule has 1 aromatic rings. The van der Waals surface area contributed by atoms with Gasteiger partial charge in [-0.2, -0.15) is 30.2 Å². The fraction of sp³-hybridized carbons (Fsp3) is 0.625. The molecule has 0 aromatic carbocycles. The molecule has 0 bridgehead atoms. The van der Waals surface area contributed by atoms with Gasteiger partial charge in [-0.25, -0.2) is 4.79 Å². The highest BCUT2D eigenvalue weighted by molar-refractivity contribution is 7.86. The molecule has 2 aliphatic heterocycles. The molecule has 0 aliphatic carbocycles. The summed E-state index contributed by atoms with van der Waals surface area (Å²) in [5, 5.41) is 7.12. The number of carbonyl (C=O) groups is 1. The molecule has 164 valence electrons. The summed E-state index contributed by atoms with van der Waals surface area (Å²) in [6.45, 7) is 1.35. The number of hydrogen-bond donors (Lipinski definition) is 1. The topological polar surface area (TPSA) is 109 Å². The Balaban J connectivity index is 0.000000370. The number of aliphatic carboxylic acids is 1. The van der Waals surface area contributed by atoms with Gasteiger partial charge in [0.2, 0.25) is 0 Å². The number of pyridine rings is 1. The summed E-state index contributed by atoms with van der Waals surface area (Å²) < 4.78 is 70.7. The van der Waals surface area contributed by atoms with Gasteiger partial charge in [-0.05, 0) is 18.6 Å². The second-order valence-corrected chi connectivity index (χ2v) is 8.95. The predicted molar refractivity (Wildman–Crippen MR) is 94.4 cm³/mol. The Kier molecular flexibility index (Phi) is 7.09. The van der Waals surface area contributed by atoms with Crippen molar-refractivity contribution < 1.29 is 41.0 Å². The van der Waals surface area contributed by atoms with Gasteiger partial charge in [0.15, 0.2) is 0 Å². The number of alkyl halides is 3. The zero-order valence-electron chi connectivity index (χ0n) is 15.8. The Labute approximate surface area is 166 Å². The summed E-state index contributed by atoms with van der Waals surface area (Å²) in [4.78, 5) is 12.9. The lowest BCUT2D eigenvalue weighted by atomic mass is 9.98. The summed E-state index contributed by atoms with van der Waals surface area (Å²) >= 11 is 0. The lowest BCUT2D eigenvalue weighted by Gasteiger charge is -2.24. The Morgan fingerprint density at radius 2 is 2.10 bits per heavy atom. The largest absolute Gasteiger partial charge is 0.490 e. The summed E-state index contributed by atoms with van der Waals surface area (Å²) in [5.74, 6) is -2.04. The maximum atomic E-state index is 12.2. The molecule has 2 aliphatic rings. The summed E-state index contributed by atoms with van der Waals surface area (Å²) in [6, 6.07) is 3.68. The van der Waals surface area contributed by atoms with Gasteiger partial charge < -0.3 is 14.6 Å². The molecule has 1 N–H and O–H groups in total. The standard InChI is InChI=1S/C14H21N3O4S.C2HF3O2/c1-16(2)22(18,19)17-7-5-14(11-17)8-13(10-20-14)21-12-4-3-6-15-9-12;3-2(4,5)1(6)7/h3-4,6,9,13H,5,7-8,10-11H2,1-2H3;(H,6,7)/t13-,14-;/m0./s1. The van der Waals surface area contributed by atoms with Crippen molar-refractivity contribution in [3.05, 3.63) is 24.5 Å². The van der Waals surface area contributed by atoms with Gasteiger partial charge in [0.25, 0.3) is 10.2 Å². The van der Waals surface area contributed by atoms with Crippen molar-refractivity contribution in [2.45, 2.75) is 30.7 Å². The number of hydrogen-bond acceptors (Lipinski definition) is 6. The van der Waals surface area contributed by atoms with Crippen molar-refractivity contribution in [2.75, 3.05) is 33.8 Å². The Morgan fingerprint density at radius 3 is 2.62 bits per heavy atom. The Bertz CT molecular complexity index is 806. The SMILES string of the molecule is CN(C)S(=O)(=O)N1CC[C@]2(C[C@H](Oc3cccnc3)CO2)C1.O=C(O)C(F)(F)F. The van der Waals surface area contributed by atoms with Crippen molar-refractivity contribution in [1.29, 1.82) is 0 Å². The van der Waals surface area contributed by atoms with Gasteiger partial charge in [-0.15, -0.1) is 0 Å². The van der Waals surface area contributed by atoms with E-state index in [1.54, 1.807) is 26.5 Å².